The van der Waals surface area contributed by atoms with Crippen molar-refractivity contribution in [2.75, 3.05) is 19.6 Å². The van der Waals surface area contributed by atoms with Crippen LogP contribution in [0.2, 0.25) is 0 Å². The summed E-state index contributed by atoms with van der Waals surface area (Å²) >= 11 is 0. The van der Waals surface area contributed by atoms with Crippen molar-refractivity contribution in [1.29, 1.82) is 0 Å². The van der Waals surface area contributed by atoms with Crippen LogP contribution in [0.5, 0.6) is 0 Å². The van der Waals surface area contributed by atoms with Gasteiger partial charge in [-0.25, -0.2) is 4.39 Å². The Balaban J connectivity index is 1.18. The van der Waals surface area contributed by atoms with Gasteiger partial charge in [-0.2, -0.15) is 0 Å². The highest BCUT2D eigenvalue weighted by molar-refractivity contribution is 5.81. The van der Waals surface area contributed by atoms with Crippen molar-refractivity contribution in [2.24, 2.45) is 5.92 Å². The average Bonchev–Trinajstić information content (AvgIpc) is 3.23. The summed E-state index contributed by atoms with van der Waals surface area (Å²) in [6.45, 7) is 4.22. The van der Waals surface area contributed by atoms with Crippen molar-refractivity contribution >= 4 is 16.8 Å². The number of halogens is 1. The molecule has 3 aromatic rings. The maximum Gasteiger partial charge on any atom is 0.223 e. The van der Waals surface area contributed by atoms with Gasteiger partial charge in [0.25, 0.3) is 0 Å². The van der Waals surface area contributed by atoms with Crippen molar-refractivity contribution in [2.45, 2.75) is 58.0 Å². The minimum Gasteiger partial charge on any atom is -0.356 e. The zero-order valence-corrected chi connectivity index (χ0v) is 20.5. The Bertz CT molecular complexity index is 1170. The van der Waals surface area contributed by atoms with Gasteiger partial charge in [0, 0.05) is 36.8 Å². The van der Waals surface area contributed by atoms with E-state index in [0.717, 1.165) is 57.5 Å². The number of benzene rings is 2. The predicted octanol–water partition coefficient (Wildman–Crippen LogP) is 6.05. The van der Waals surface area contributed by atoms with Gasteiger partial charge in [-0.05, 0) is 93.3 Å². The van der Waals surface area contributed by atoms with Gasteiger partial charge in [-0.3, -0.25) is 9.69 Å². The van der Waals surface area contributed by atoms with Crippen LogP contribution in [0.3, 0.4) is 0 Å². The first-order chi connectivity index (χ1) is 17.2. The van der Waals surface area contributed by atoms with Crippen LogP contribution < -0.4 is 5.32 Å². The molecule has 35 heavy (non-hydrogen) atoms. The summed E-state index contributed by atoms with van der Waals surface area (Å²) in [5.74, 6) is 0.146. The summed E-state index contributed by atoms with van der Waals surface area (Å²) in [7, 11) is 0. The second-order valence-corrected chi connectivity index (χ2v) is 10.1. The quantitative estimate of drug-likeness (QED) is 0.405. The van der Waals surface area contributed by atoms with E-state index in [2.05, 4.69) is 51.2 Å². The summed E-state index contributed by atoms with van der Waals surface area (Å²) in [4.78, 5) is 15.2. The molecule has 0 spiro atoms. The molecule has 1 saturated heterocycles. The number of para-hydroxylation sites is 1. The van der Waals surface area contributed by atoms with E-state index in [4.69, 9.17) is 0 Å². The van der Waals surface area contributed by atoms with Crippen LogP contribution in [0, 0.1) is 11.7 Å². The van der Waals surface area contributed by atoms with Crippen molar-refractivity contribution in [1.82, 2.24) is 14.8 Å². The molecule has 2 aliphatic rings. The number of allylic oxidation sites excluding steroid dienone is 1. The molecule has 0 saturated carbocycles. The Hall–Kier alpha value is -2.92. The van der Waals surface area contributed by atoms with Gasteiger partial charge < -0.3 is 9.88 Å². The molecular weight excluding hydrogens is 437 g/mol. The molecule has 5 rings (SSSR count). The molecule has 184 valence electrons. The van der Waals surface area contributed by atoms with Gasteiger partial charge in [0.15, 0.2) is 0 Å². The van der Waals surface area contributed by atoms with E-state index in [1.165, 1.54) is 60.0 Å². The predicted molar refractivity (Wildman–Crippen MR) is 140 cm³/mol. The van der Waals surface area contributed by atoms with Crippen molar-refractivity contribution in [3.63, 3.8) is 0 Å². The number of carbonyl (C=O) groups excluding carboxylic acids is 1. The van der Waals surface area contributed by atoms with E-state index < -0.39 is 0 Å². The van der Waals surface area contributed by atoms with Crippen molar-refractivity contribution in [3.8, 4) is 0 Å². The van der Waals surface area contributed by atoms with Crippen molar-refractivity contribution < 1.29 is 9.18 Å². The topological polar surface area (TPSA) is 37.3 Å². The SMILES string of the molecule is O=C(NCCC1=CCCCC1)C1CCN(Cc2cc3ccccc3n2Cc2ccc(F)cc2)CC1. The Morgan fingerprint density at radius 3 is 2.57 bits per heavy atom. The molecule has 1 amide bonds. The third-order valence-electron chi connectivity index (χ3n) is 7.62. The monoisotopic (exact) mass is 473 g/mol. The second kappa shape index (κ2) is 11.2. The standard InChI is InChI=1S/C30H36FN3O/c31-27-12-10-24(11-13-27)21-34-28(20-26-8-4-5-9-29(26)34)22-33-18-15-25(16-19-33)30(35)32-17-14-23-6-2-1-3-7-23/h4-6,8-13,20,25H,1-3,7,14-19,21-22H2,(H,32,35). The van der Waals surface area contributed by atoms with Gasteiger partial charge in [0.1, 0.15) is 5.82 Å². The number of piperidine rings is 1. The number of hydrogen-bond donors (Lipinski definition) is 1. The number of fused-ring (bicyclic) bond motifs is 1. The van der Waals surface area contributed by atoms with E-state index in [1.54, 1.807) is 0 Å². The van der Waals surface area contributed by atoms with Gasteiger partial charge in [0.05, 0.1) is 0 Å². The van der Waals surface area contributed by atoms with Gasteiger partial charge >= 0.3 is 0 Å². The molecule has 4 nitrogen and oxygen atoms in total. The van der Waals surface area contributed by atoms with Crippen LogP contribution in [0.4, 0.5) is 4.39 Å². The lowest BCUT2D eigenvalue weighted by atomic mass is 9.95. The lowest BCUT2D eigenvalue weighted by Crippen LogP contribution is -2.40. The maximum atomic E-state index is 13.4. The molecule has 2 heterocycles. The number of nitrogens with zero attached hydrogens (tertiary/aromatic N) is 2. The highest BCUT2D eigenvalue weighted by Crippen LogP contribution is 2.25. The highest BCUT2D eigenvalue weighted by Gasteiger charge is 2.25. The molecule has 0 radical (unpaired) electrons. The Morgan fingerprint density at radius 2 is 1.80 bits per heavy atom. The first kappa shape index (κ1) is 23.8. The minimum atomic E-state index is -0.204. The van der Waals surface area contributed by atoms with E-state index in [1.807, 2.05) is 12.1 Å². The molecule has 2 aromatic carbocycles. The summed E-state index contributed by atoms with van der Waals surface area (Å²) in [5, 5.41) is 4.42. The van der Waals surface area contributed by atoms with Gasteiger partial charge in [0.2, 0.25) is 5.91 Å². The number of rotatable bonds is 8. The Labute approximate surface area is 207 Å². The molecule has 0 unspecified atom stereocenters. The zero-order valence-electron chi connectivity index (χ0n) is 20.5. The Morgan fingerprint density at radius 1 is 1.00 bits per heavy atom. The van der Waals surface area contributed by atoms with E-state index in [-0.39, 0.29) is 17.6 Å². The average molecular weight is 474 g/mol. The third-order valence-corrected chi connectivity index (χ3v) is 7.62. The van der Waals surface area contributed by atoms with Crippen LogP contribution >= 0.6 is 0 Å². The number of nitrogens with one attached hydrogen (secondary N) is 1. The molecule has 1 fully saturated rings. The molecule has 0 atom stereocenters. The van der Waals surface area contributed by atoms with Crippen LogP contribution in [0.1, 0.15) is 56.2 Å². The zero-order chi connectivity index (χ0) is 24.0. The summed E-state index contributed by atoms with van der Waals surface area (Å²) in [6, 6.07) is 17.5. The smallest absolute Gasteiger partial charge is 0.223 e. The Kier molecular flexibility index (Phi) is 7.63. The van der Waals surface area contributed by atoms with E-state index >= 15 is 0 Å². The minimum absolute atomic E-state index is 0.122. The normalized spacial score (nSPS) is 17.5. The third kappa shape index (κ3) is 6.02. The van der Waals surface area contributed by atoms with Crippen LogP contribution in [-0.4, -0.2) is 35.0 Å². The molecule has 1 aliphatic carbocycles. The van der Waals surface area contributed by atoms with Gasteiger partial charge in [-0.1, -0.05) is 42.0 Å². The summed E-state index contributed by atoms with van der Waals surface area (Å²) < 4.78 is 15.8. The van der Waals surface area contributed by atoms with E-state index in [0.29, 0.717) is 0 Å². The van der Waals surface area contributed by atoms with Crippen LogP contribution in [-0.2, 0) is 17.9 Å². The number of amides is 1. The van der Waals surface area contributed by atoms with Crippen LogP contribution in [0.25, 0.3) is 10.9 Å². The fraction of sp³-hybridized carbons (Fsp3) is 0.433. The second-order valence-electron chi connectivity index (χ2n) is 10.1. The largest absolute Gasteiger partial charge is 0.356 e. The van der Waals surface area contributed by atoms with E-state index in [9.17, 15) is 9.18 Å². The first-order valence-corrected chi connectivity index (χ1v) is 13.2. The molecule has 1 aromatic heterocycles. The molecule has 0 bridgehead atoms. The number of hydrogen-bond acceptors (Lipinski definition) is 2. The lowest BCUT2D eigenvalue weighted by Gasteiger charge is -2.31. The fourth-order valence-corrected chi connectivity index (χ4v) is 5.56. The molecule has 1 N–H and O–H groups in total. The van der Waals surface area contributed by atoms with Crippen molar-refractivity contribution in [3.05, 3.63) is 83.3 Å². The number of carbonyl (C=O) groups is 1. The summed E-state index contributed by atoms with van der Waals surface area (Å²) in [6.07, 6.45) is 10.2. The molecule has 5 heteroatoms. The fourth-order valence-electron chi connectivity index (χ4n) is 5.56. The number of aromatic nitrogens is 1. The molecule has 1 aliphatic heterocycles. The maximum absolute atomic E-state index is 13.4. The van der Waals surface area contributed by atoms with Gasteiger partial charge in [-0.15, -0.1) is 0 Å². The lowest BCUT2D eigenvalue weighted by molar-refractivity contribution is -0.126. The first-order valence-electron chi connectivity index (χ1n) is 13.2. The van der Waals surface area contributed by atoms with Crippen LogP contribution in [0.15, 0.2) is 66.2 Å². The number of likely N-dealkylation sites (tertiary alicyclic amines) is 1. The molecular formula is C30H36FN3O. The summed E-state index contributed by atoms with van der Waals surface area (Å²) in [5.41, 5.74) is 5.07. The highest BCUT2D eigenvalue weighted by atomic mass is 19.1.